The van der Waals surface area contributed by atoms with Crippen molar-refractivity contribution >= 4 is 23.3 Å². The highest BCUT2D eigenvalue weighted by Gasteiger charge is 2.13. The van der Waals surface area contributed by atoms with Crippen molar-refractivity contribution in [2.75, 3.05) is 11.5 Å². The van der Waals surface area contributed by atoms with Gasteiger partial charge in [-0.05, 0) is 30.3 Å². The van der Waals surface area contributed by atoms with Crippen LogP contribution in [0, 0.1) is 0 Å². The monoisotopic (exact) mass is 288 g/mol. The zero-order valence-corrected chi connectivity index (χ0v) is 10.7. The first-order valence-electron chi connectivity index (χ1n) is 5.82. The third-order valence-electron chi connectivity index (χ3n) is 2.73. The molecule has 0 aliphatic heterocycles. The lowest BCUT2D eigenvalue weighted by molar-refractivity contribution is 0.0692. The van der Waals surface area contributed by atoms with Gasteiger partial charge in [0.1, 0.15) is 5.75 Å². The van der Waals surface area contributed by atoms with Crippen LogP contribution in [0.5, 0.6) is 11.5 Å². The number of nitrogens with two attached hydrogens (primary N) is 2. The molecule has 0 radical (unpaired) electrons. The zero-order chi connectivity index (χ0) is 15.6. The number of anilines is 2. The van der Waals surface area contributed by atoms with Crippen molar-refractivity contribution < 1.29 is 24.5 Å². The van der Waals surface area contributed by atoms with Crippen molar-refractivity contribution in [1.82, 2.24) is 0 Å². The highest BCUT2D eigenvalue weighted by atomic mass is 16.5. The summed E-state index contributed by atoms with van der Waals surface area (Å²) in [5, 5.41) is 18.2. The van der Waals surface area contributed by atoms with Crippen molar-refractivity contribution in [1.29, 1.82) is 0 Å². The molecule has 6 N–H and O–H groups in total. The molecule has 0 saturated heterocycles. The van der Waals surface area contributed by atoms with E-state index in [0.29, 0.717) is 0 Å². The van der Waals surface area contributed by atoms with E-state index >= 15 is 0 Å². The van der Waals surface area contributed by atoms with Crippen LogP contribution in [0.1, 0.15) is 20.7 Å². The molecule has 21 heavy (non-hydrogen) atoms. The summed E-state index contributed by atoms with van der Waals surface area (Å²) in [6.45, 7) is 0. The number of esters is 1. The molecule has 0 amide bonds. The molecule has 0 aliphatic rings. The summed E-state index contributed by atoms with van der Waals surface area (Å²) in [6, 6.07) is 7.60. The predicted octanol–water partition coefficient (Wildman–Crippen LogP) is 1.47. The lowest BCUT2D eigenvalue weighted by atomic mass is 10.1. The van der Waals surface area contributed by atoms with Gasteiger partial charge in [-0.1, -0.05) is 0 Å². The van der Waals surface area contributed by atoms with Crippen molar-refractivity contribution in [3.63, 3.8) is 0 Å². The van der Waals surface area contributed by atoms with Crippen LogP contribution in [0.3, 0.4) is 0 Å². The van der Waals surface area contributed by atoms with Crippen LogP contribution in [0.4, 0.5) is 11.4 Å². The molecule has 2 aromatic carbocycles. The Morgan fingerprint density at radius 1 is 0.952 bits per heavy atom. The van der Waals surface area contributed by atoms with E-state index in [9.17, 15) is 14.7 Å². The fourth-order valence-corrected chi connectivity index (χ4v) is 1.60. The van der Waals surface area contributed by atoms with Crippen LogP contribution in [-0.4, -0.2) is 22.2 Å². The van der Waals surface area contributed by atoms with Gasteiger partial charge < -0.3 is 26.4 Å². The number of ether oxygens (including phenoxy) is 1. The van der Waals surface area contributed by atoms with E-state index in [1.54, 1.807) is 0 Å². The Morgan fingerprint density at radius 2 is 1.52 bits per heavy atom. The highest BCUT2D eigenvalue weighted by molar-refractivity contribution is 5.94. The standard InChI is InChI=1S/C14H12N2O5/c15-9-5-10(16)12(6-11(9)17)21-14(20)8-3-1-7(2-4-8)13(18)19/h1-6,17H,15-16H2,(H,18,19). The van der Waals surface area contributed by atoms with Crippen LogP contribution < -0.4 is 16.2 Å². The van der Waals surface area contributed by atoms with Gasteiger partial charge in [-0.15, -0.1) is 0 Å². The van der Waals surface area contributed by atoms with Crippen molar-refractivity contribution in [2.45, 2.75) is 0 Å². The first kappa shape index (κ1) is 14.2. The van der Waals surface area contributed by atoms with Crippen molar-refractivity contribution in [2.24, 2.45) is 0 Å². The third kappa shape index (κ3) is 3.03. The van der Waals surface area contributed by atoms with Crippen LogP contribution in [0.2, 0.25) is 0 Å². The molecule has 0 bridgehead atoms. The van der Waals surface area contributed by atoms with E-state index < -0.39 is 11.9 Å². The Hall–Kier alpha value is -3.22. The number of rotatable bonds is 3. The quantitative estimate of drug-likeness (QED) is 0.221. The van der Waals surface area contributed by atoms with Crippen LogP contribution >= 0.6 is 0 Å². The van der Waals surface area contributed by atoms with Gasteiger partial charge in [0, 0.05) is 6.07 Å². The Labute approximate surface area is 119 Å². The number of carbonyl (C=O) groups is 2. The summed E-state index contributed by atoms with van der Waals surface area (Å²) in [6.07, 6.45) is 0. The molecule has 0 aromatic heterocycles. The first-order chi connectivity index (χ1) is 9.88. The number of benzene rings is 2. The zero-order valence-electron chi connectivity index (χ0n) is 10.7. The Kier molecular flexibility index (Phi) is 3.66. The van der Waals surface area contributed by atoms with E-state index in [1.807, 2.05) is 0 Å². The average molecular weight is 288 g/mol. The van der Waals surface area contributed by atoms with E-state index in [-0.39, 0.29) is 34.0 Å². The summed E-state index contributed by atoms with van der Waals surface area (Å²) in [5.74, 6) is -2.12. The van der Waals surface area contributed by atoms with E-state index in [2.05, 4.69) is 0 Å². The van der Waals surface area contributed by atoms with Crippen LogP contribution in [-0.2, 0) is 0 Å². The number of carbonyl (C=O) groups excluding carboxylic acids is 1. The fourth-order valence-electron chi connectivity index (χ4n) is 1.60. The number of hydrogen-bond donors (Lipinski definition) is 4. The Balaban J connectivity index is 2.22. The molecule has 0 atom stereocenters. The molecular formula is C14H12N2O5. The SMILES string of the molecule is Nc1cc(N)c(OC(=O)c2ccc(C(=O)O)cc2)cc1O. The van der Waals surface area contributed by atoms with Crippen molar-refractivity contribution in [3.05, 3.63) is 47.5 Å². The van der Waals surface area contributed by atoms with Gasteiger partial charge in [-0.2, -0.15) is 0 Å². The average Bonchev–Trinajstić information content (AvgIpc) is 2.44. The largest absolute Gasteiger partial charge is 0.506 e. The highest BCUT2D eigenvalue weighted by Crippen LogP contribution is 2.32. The molecule has 0 saturated carbocycles. The molecule has 0 spiro atoms. The predicted molar refractivity (Wildman–Crippen MR) is 75.3 cm³/mol. The number of aromatic hydroxyl groups is 1. The smallest absolute Gasteiger partial charge is 0.343 e. The summed E-state index contributed by atoms with van der Waals surface area (Å²) in [7, 11) is 0. The maximum atomic E-state index is 11.9. The number of nitrogen functional groups attached to an aromatic ring is 2. The minimum absolute atomic E-state index is 0.0333. The number of hydrogen-bond acceptors (Lipinski definition) is 6. The van der Waals surface area contributed by atoms with E-state index in [0.717, 1.165) is 6.07 Å². The maximum Gasteiger partial charge on any atom is 0.343 e. The second-order valence-corrected chi connectivity index (χ2v) is 4.22. The minimum Gasteiger partial charge on any atom is -0.506 e. The molecule has 0 fully saturated rings. The number of carboxylic acids is 1. The summed E-state index contributed by atoms with van der Waals surface area (Å²) in [4.78, 5) is 22.6. The van der Waals surface area contributed by atoms with Gasteiger partial charge in [0.05, 0.1) is 22.5 Å². The molecule has 0 aliphatic carbocycles. The van der Waals surface area contributed by atoms with E-state index in [1.165, 1.54) is 30.3 Å². The maximum absolute atomic E-state index is 11.9. The molecule has 7 nitrogen and oxygen atoms in total. The van der Waals surface area contributed by atoms with Crippen LogP contribution in [0.25, 0.3) is 0 Å². The second-order valence-electron chi connectivity index (χ2n) is 4.22. The molecule has 7 heteroatoms. The first-order valence-corrected chi connectivity index (χ1v) is 5.82. The number of aromatic carboxylic acids is 1. The van der Waals surface area contributed by atoms with Crippen LogP contribution in [0.15, 0.2) is 36.4 Å². The molecule has 108 valence electrons. The van der Waals surface area contributed by atoms with Gasteiger partial charge >= 0.3 is 11.9 Å². The topological polar surface area (TPSA) is 136 Å². The Morgan fingerprint density at radius 3 is 2.10 bits per heavy atom. The van der Waals surface area contributed by atoms with Gasteiger partial charge in [-0.3, -0.25) is 0 Å². The number of phenolic OH excluding ortho intramolecular Hbond substituents is 1. The number of phenols is 1. The molecular weight excluding hydrogens is 276 g/mol. The Bertz CT molecular complexity index is 710. The number of carboxylic acid groups (broad SMARTS) is 1. The normalized spacial score (nSPS) is 10.1. The van der Waals surface area contributed by atoms with Gasteiger partial charge in [0.2, 0.25) is 0 Å². The molecule has 0 unspecified atom stereocenters. The van der Waals surface area contributed by atoms with Crippen molar-refractivity contribution in [3.8, 4) is 11.5 Å². The lowest BCUT2D eigenvalue weighted by Gasteiger charge is -2.09. The van der Waals surface area contributed by atoms with Gasteiger partial charge in [0.25, 0.3) is 0 Å². The lowest BCUT2D eigenvalue weighted by Crippen LogP contribution is -2.10. The fraction of sp³-hybridized carbons (Fsp3) is 0. The van der Waals surface area contributed by atoms with Gasteiger partial charge in [0.15, 0.2) is 5.75 Å². The third-order valence-corrected chi connectivity index (χ3v) is 2.73. The molecule has 2 aromatic rings. The summed E-state index contributed by atoms with van der Waals surface area (Å²) < 4.78 is 5.04. The summed E-state index contributed by atoms with van der Waals surface area (Å²) in [5.41, 5.74) is 11.5. The summed E-state index contributed by atoms with van der Waals surface area (Å²) >= 11 is 0. The molecule has 0 heterocycles. The molecule has 2 rings (SSSR count). The second kappa shape index (κ2) is 5.41. The minimum atomic E-state index is -1.09. The van der Waals surface area contributed by atoms with E-state index in [4.69, 9.17) is 21.3 Å². The van der Waals surface area contributed by atoms with Gasteiger partial charge in [-0.25, -0.2) is 9.59 Å².